The smallest absolute Gasteiger partial charge is 0.353 e. The molecule has 1 saturated heterocycles. The van der Waals surface area contributed by atoms with E-state index in [1.54, 1.807) is 6.20 Å². The Kier molecular flexibility index (Phi) is 8.23. The molecular weight excluding hydrogens is 462 g/mol. The molecule has 36 heavy (non-hydrogen) atoms. The fraction of sp³-hybridized carbons (Fsp3) is 0.519. The summed E-state index contributed by atoms with van der Waals surface area (Å²) in [6.07, 6.45) is 4.00. The zero-order chi connectivity index (χ0) is 25.8. The minimum absolute atomic E-state index is 0.0698. The van der Waals surface area contributed by atoms with Gasteiger partial charge in [-0.3, -0.25) is 9.36 Å². The molecule has 0 amide bonds. The van der Waals surface area contributed by atoms with E-state index in [9.17, 15) is 14.7 Å². The van der Waals surface area contributed by atoms with Crippen molar-refractivity contribution >= 4 is 17.1 Å². The highest BCUT2D eigenvalue weighted by Gasteiger charge is 2.37. The molecule has 0 bridgehead atoms. The number of fused-ring (bicyclic) bond motifs is 1. The van der Waals surface area contributed by atoms with Gasteiger partial charge in [-0.05, 0) is 30.4 Å². The van der Waals surface area contributed by atoms with Gasteiger partial charge in [-0.2, -0.15) is 4.98 Å². The number of carbonyl (C=O) groups is 1. The van der Waals surface area contributed by atoms with Crippen molar-refractivity contribution in [2.75, 3.05) is 6.61 Å². The summed E-state index contributed by atoms with van der Waals surface area (Å²) in [6.45, 7) is 5.69. The van der Waals surface area contributed by atoms with Gasteiger partial charge in [-0.25, -0.2) is 4.79 Å². The molecule has 0 aliphatic carbocycles. The fourth-order valence-electron chi connectivity index (χ4n) is 4.26. The summed E-state index contributed by atoms with van der Waals surface area (Å²) in [7, 11) is 0. The van der Waals surface area contributed by atoms with Gasteiger partial charge in [-0.15, -0.1) is 0 Å². The van der Waals surface area contributed by atoms with Crippen molar-refractivity contribution in [3.05, 3.63) is 52.6 Å². The number of furan rings is 1. The molecule has 1 unspecified atom stereocenters. The number of hydrogen-bond acceptors (Lipinski definition) is 8. The molecule has 0 saturated carbocycles. The van der Waals surface area contributed by atoms with E-state index in [4.69, 9.17) is 19.6 Å². The van der Waals surface area contributed by atoms with Crippen LogP contribution in [0.5, 0.6) is 0 Å². The Morgan fingerprint density at radius 1 is 1.28 bits per heavy atom. The lowest BCUT2D eigenvalue weighted by atomic mass is 10.0. The highest BCUT2D eigenvalue weighted by atomic mass is 16.6. The van der Waals surface area contributed by atoms with Crippen molar-refractivity contribution in [3.63, 3.8) is 0 Å². The van der Waals surface area contributed by atoms with E-state index >= 15 is 0 Å². The van der Waals surface area contributed by atoms with Crippen molar-refractivity contribution in [2.45, 2.75) is 77.4 Å². The minimum Gasteiger partial charge on any atom is -0.462 e. The van der Waals surface area contributed by atoms with Gasteiger partial charge in [-0.1, -0.05) is 57.9 Å². The van der Waals surface area contributed by atoms with Crippen LogP contribution in [0.1, 0.15) is 58.2 Å². The van der Waals surface area contributed by atoms with Crippen LogP contribution in [0.3, 0.4) is 0 Å². The predicted molar refractivity (Wildman–Crippen MR) is 135 cm³/mol. The molecule has 2 aromatic heterocycles. The van der Waals surface area contributed by atoms with E-state index in [-0.39, 0.29) is 24.7 Å². The molecule has 0 spiro atoms. The SMILES string of the molecule is CCCCCc1ccc(-c2cc3cn([C@H]4C[C@@H](O)[C@@H](COC(=O)C(N)C(C)C)O4)c(=O)nc3o2)cc1. The van der Waals surface area contributed by atoms with Crippen molar-refractivity contribution in [3.8, 4) is 11.3 Å². The Morgan fingerprint density at radius 3 is 2.72 bits per heavy atom. The molecule has 194 valence electrons. The molecule has 4 rings (SSSR count). The lowest BCUT2D eigenvalue weighted by Crippen LogP contribution is -2.39. The van der Waals surface area contributed by atoms with Crippen LogP contribution >= 0.6 is 0 Å². The van der Waals surface area contributed by atoms with Crippen LogP contribution in [0, 0.1) is 5.92 Å². The van der Waals surface area contributed by atoms with Crippen LogP contribution in [-0.4, -0.2) is 45.5 Å². The van der Waals surface area contributed by atoms with Gasteiger partial charge in [0.25, 0.3) is 0 Å². The van der Waals surface area contributed by atoms with Crippen LogP contribution < -0.4 is 11.4 Å². The number of benzene rings is 1. The molecule has 4 atom stereocenters. The molecule has 3 aromatic rings. The summed E-state index contributed by atoms with van der Waals surface area (Å²) in [5.74, 6) is -0.00235. The third kappa shape index (κ3) is 5.86. The van der Waals surface area contributed by atoms with Gasteiger partial charge in [0.05, 0.1) is 11.5 Å². The summed E-state index contributed by atoms with van der Waals surface area (Å²) in [4.78, 5) is 28.8. The highest BCUT2D eigenvalue weighted by Crippen LogP contribution is 2.31. The standard InChI is InChI=1S/C27H35N3O6/c1-4-5-6-7-17-8-10-18(11-9-17)21-12-19-14-30(27(33)29-25(19)36-21)23-13-20(31)22(35-23)15-34-26(32)24(28)16(2)3/h8-12,14,16,20,22-24,31H,4-7,13,15,28H2,1-3H3/t20-,22-,23-,24?/m1/s1. The maximum Gasteiger partial charge on any atom is 0.353 e. The summed E-state index contributed by atoms with van der Waals surface area (Å²) in [6, 6.07) is 9.31. The van der Waals surface area contributed by atoms with E-state index < -0.39 is 36.1 Å². The van der Waals surface area contributed by atoms with E-state index in [2.05, 4.69) is 24.0 Å². The maximum atomic E-state index is 12.7. The zero-order valence-corrected chi connectivity index (χ0v) is 21.1. The third-order valence-corrected chi connectivity index (χ3v) is 6.64. The molecule has 1 aromatic carbocycles. The largest absolute Gasteiger partial charge is 0.462 e. The summed E-state index contributed by atoms with van der Waals surface area (Å²) < 4.78 is 18.3. The number of hydrogen-bond donors (Lipinski definition) is 2. The van der Waals surface area contributed by atoms with Crippen molar-refractivity contribution in [1.29, 1.82) is 0 Å². The number of aliphatic hydroxyl groups excluding tert-OH is 1. The van der Waals surface area contributed by atoms with Crippen molar-refractivity contribution in [2.24, 2.45) is 11.7 Å². The Labute approximate surface area is 210 Å². The fourth-order valence-corrected chi connectivity index (χ4v) is 4.26. The number of carbonyl (C=O) groups excluding carboxylic acids is 1. The van der Waals surface area contributed by atoms with E-state index in [1.807, 2.05) is 32.0 Å². The summed E-state index contributed by atoms with van der Waals surface area (Å²) in [5, 5.41) is 11.1. The highest BCUT2D eigenvalue weighted by molar-refractivity contribution is 5.79. The minimum atomic E-state index is -0.906. The van der Waals surface area contributed by atoms with Crippen LogP contribution in [0.15, 0.2) is 45.7 Å². The maximum absolute atomic E-state index is 12.7. The van der Waals surface area contributed by atoms with Gasteiger partial charge in [0.15, 0.2) is 0 Å². The first-order chi connectivity index (χ1) is 17.3. The van der Waals surface area contributed by atoms with Gasteiger partial charge in [0.1, 0.15) is 30.7 Å². The monoisotopic (exact) mass is 497 g/mol. The number of aromatic nitrogens is 2. The third-order valence-electron chi connectivity index (χ3n) is 6.64. The van der Waals surface area contributed by atoms with E-state index in [0.717, 1.165) is 12.0 Å². The van der Waals surface area contributed by atoms with Gasteiger partial charge < -0.3 is 24.7 Å². The molecule has 1 aliphatic heterocycles. The first-order valence-corrected chi connectivity index (χ1v) is 12.6. The molecule has 9 nitrogen and oxygen atoms in total. The molecule has 1 aliphatic rings. The predicted octanol–water partition coefficient (Wildman–Crippen LogP) is 3.56. The molecular formula is C27H35N3O6. The lowest BCUT2D eigenvalue weighted by molar-refractivity contribution is -0.152. The second-order valence-corrected chi connectivity index (χ2v) is 9.79. The van der Waals surface area contributed by atoms with Crippen molar-refractivity contribution < 1.29 is 23.8 Å². The van der Waals surface area contributed by atoms with Crippen LogP contribution in [0.4, 0.5) is 0 Å². The van der Waals surface area contributed by atoms with Crippen molar-refractivity contribution in [1.82, 2.24) is 9.55 Å². The van der Waals surface area contributed by atoms with E-state index in [1.165, 1.54) is 29.4 Å². The second kappa shape index (κ2) is 11.4. The number of esters is 1. The van der Waals surface area contributed by atoms with Gasteiger partial charge in [0, 0.05) is 18.2 Å². The number of rotatable bonds is 10. The topological polar surface area (TPSA) is 130 Å². The Morgan fingerprint density at radius 2 is 2.03 bits per heavy atom. The van der Waals surface area contributed by atoms with Crippen LogP contribution in [-0.2, 0) is 20.7 Å². The zero-order valence-electron chi connectivity index (χ0n) is 21.1. The molecule has 3 heterocycles. The Balaban J connectivity index is 1.46. The van der Waals surface area contributed by atoms with Gasteiger partial charge >= 0.3 is 11.7 Å². The average Bonchev–Trinajstić information content (AvgIpc) is 3.44. The van der Waals surface area contributed by atoms with Gasteiger partial charge in [0.2, 0.25) is 5.71 Å². The average molecular weight is 498 g/mol. The van der Waals surface area contributed by atoms with E-state index in [0.29, 0.717) is 11.1 Å². The molecule has 0 radical (unpaired) electrons. The van der Waals surface area contributed by atoms with Crippen LogP contribution in [0.25, 0.3) is 22.4 Å². The second-order valence-electron chi connectivity index (χ2n) is 9.79. The molecule has 1 fully saturated rings. The normalized spacial score (nSPS) is 20.8. The quantitative estimate of drug-likeness (QED) is 0.321. The lowest BCUT2D eigenvalue weighted by Gasteiger charge is -2.18. The summed E-state index contributed by atoms with van der Waals surface area (Å²) >= 11 is 0. The summed E-state index contributed by atoms with van der Waals surface area (Å²) in [5.41, 5.74) is 7.68. The number of ether oxygens (including phenoxy) is 2. The molecule has 3 N–H and O–H groups in total. The Hall–Kier alpha value is -3.01. The number of unbranched alkanes of at least 4 members (excludes halogenated alkanes) is 2. The number of nitrogens with two attached hydrogens (primary N) is 1. The molecule has 9 heteroatoms. The first kappa shape index (κ1) is 26.1. The Bertz CT molecular complexity index is 1230. The number of aliphatic hydroxyl groups is 1. The van der Waals surface area contributed by atoms with Crippen LogP contribution in [0.2, 0.25) is 0 Å². The first-order valence-electron chi connectivity index (χ1n) is 12.6. The number of nitrogens with zero attached hydrogens (tertiary/aromatic N) is 2. The number of aryl methyl sites for hydroxylation is 1.